The summed E-state index contributed by atoms with van der Waals surface area (Å²) in [6.07, 6.45) is -6.04. The Hall–Kier alpha value is -3.06. The molecule has 2 aromatic rings. The van der Waals surface area contributed by atoms with E-state index in [0.717, 1.165) is 12.1 Å². The normalized spacial score (nSPS) is 12.0. The van der Waals surface area contributed by atoms with Gasteiger partial charge in [-0.1, -0.05) is 6.07 Å². The Balaban J connectivity index is 2.78. The zero-order valence-electron chi connectivity index (χ0n) is 13.0. The molecule has 0 aliphatic carbocycles. The van der Waals surface area contributed by atoms with Crippen molar-refractivity contribution < 1.29 is 36.0 Å². The van der Waals surface area contributed by atoms with Crippen molar-refractivity contribution in [1.29, 1.82) is 0 Å². The molecule has 144 valence electrons. The number of hydrogen-bond donors (Lipinski definition) is 0. The monoisotopic (exact) mass is 405 g/mol. The summed E-state index contributed by atoms with van der Waals surface area (Å²) >= 11 is 0. The summed E-state index contributed by atoms with van der Waals surface area (Å²) < 4.78 is 73.7. The van der Waals surface area contributed by atoms with Crippen LogP contribution in [0, 0.1) is 20.2 Å². The van der Waals surface area contributed by atoms with Crippen LogP contribution in [0.1, 0.15) is 16.7 Å². The highest BCUT2D eigenvalue weighted by Gasteiger charge is 2.37. The molecule has 0 unspecified atom stereocenters. The lowest BCUT2D eigenvalue weighted by molar-refractivity contribution is -0.386. The van der Waals surface area contributed by atoms with E-state index < -0.39 is 65.5 Å². The molecule has 0 aliphatic heterocycles. The van der Waals surface area contributed by atoms with E-state index in [1.165, 1.54) is 0 Å². The van der Waals surface area contributed by atoms with Crippen molar-refractivity contribution in [3.63, 3.8) is 0 Å². The summed E-state index contributed by atoms with van der Waals surface area (Å²) in [5, 5.41) is 22.0. The quantitative estimate of drug-likeness (QED) is 0.422. The smallest absolute Gasteiger partial charge is 0.416 e. The minimum Gasteiger partial charge on any atom is -0.744 e. The van der Waals surface area contributed by atoms with Gasteiger partial charge in [-0.3, -0.25) is 20.2 Å². The largest absolute Gasteiger partial charge is 0.744 e. The van der Waals surface area contributed by atoms with Gasteiger partial charge in [0.15, 0.2) is 0 Å². The maximum atomic E-state index is 13.2. The van der Waals surface area contributed by atoms with Crippen LogP contribution in [0.2, 0.25) is 0 Å². The van der Waals surface area contributed by atoms with Crippen LogP contribution < -0.4 is 0 Å². The van der Waals surface area contributed by atoms with Crippen LogP contribution in [0.5, 0.6) is 0 Å². The van der Waals surface area contributed by atoms with Crippen molar-refractivity contribution in [3.05, 3.63) is 73.3 Å². The summed E-state index contributed by atoms with van der Waals surface area (Å²) in [4.78, 5) is 18.9. The molecule has 0 saturated carbocycles. The lowest BCUT2D eigenvalue weighted by Gasteiger charge is -2.16. The van der Waals surface area contributed by atoms with Crippen molar-refractivity contribution in [1.82, 2.24) is 0 Å². The lowest BCUT2D eigenvalue weighted by Crippen LogP contribution is -2.13. The van der Waals surface area contributed by atoms with Crippen LogP contribution in [0.3, 0.4) is 0 Å². The molecule has 0 fully saturated rings. The van der Waals surface area contributed by atoms with Gasteiger partial charge in [-0.15, -0.1) is 0 Å². The molecule has 0 heterocycles. The number of nitro benzene ring substituents is 2. The van der Waals surface area contributed by atoms with Gasteiger partial charge >= 0.3 is 6.18 Å². The van der Waals surface area contributed by atoms with Gasteiger partial charge in [-0.2, -0.15) is 13.2 Å². The number of nitrogens with zero attached hydrogens (tertiary/aromatic N) is 2. The standard InChI is InChI=1S/C14H9F3N2O7S/c15-14(16,17)11-2-1-3-12(19(22)23)10(11)7-8-6-9(18(20)21)4-5-13(8)27(24,25)26/h1-6H,7H2,(H,24,25,26)/p-1. The lowest BCUT2D eigenvalue weighted by atomic mass is 9.97. The third-order valence-electron chi connectivity index (χ3n) is 3.54. The summed E-state index contributed by atoms with van der Waals surface area (Å²) in [5.41, 5.74) is -4.65. The Labute approximate surface area is 149 Å². The first-order chi connectivity index (χ1) is 12.3. The molecule has 9 nitrogen and oxygen atoms in total. The van der Waals surface area contributed by atoms with E-state index in [0.29, 0.717) is 24.3 Å². The number of alkyl halides is 3. The molecule has 0 radical (unpaired) electrons. The first kappa shape index (κ1) is 20.3. The summed E-state index contributed by atoms with van der Waals surface area (Å²) in [5.74, 6) is 0. The zero-order valence-corrected chi connectivity index (χ0v) is 13.8. The van der Waals surface area contributed by atoms with E-state index >= 15 is 0 Å². The fourth-order valence-electron chi connectivity index (χ4n) is 2.45. The number of rotatable bonds is 5. The molecular weight excluding hydrogens is 397 g/mol. The molecule has 0 atom stereocenters. The molecule has 0 bridgehead atoms. The van der Waals surface area contributed by atoms with E-state index in [4.69, 9.17) is 0 Å². The minimum absolute atomic E-state index is 0.547. The fourth-order valence-corrected chi connectivity index (χ4v) is 3.14. The van der Waals surface area contributed by atoms with E-state index in [2.05, 4.69) is 0 Å². The summed E-state index contributed by atoms with van der Waals surface area (Å²) in [6, 6.07) is 3.99. The predicted molar refractivity (Wildman–Crippen MR) is 82.0 cm³/mol. The topological polar surface area (TPSA) is 143 Å². The van der Waals surface area contributed by atoms with E-state index in [-0.39, 0.29) is 0 Å². The van der Waals surface area contributed by atoms with Crippen LogP contribution in [-0.4, -0.2) is 22.8 Å². The molecule has 0 spiro atoms. The van der Waals surface area contributed by atoms with E-state index in [1.54, 1.807) is 0 Å². The van der Waals surface area contributed by atoms with Gasteiger partial charge in [0.1, 0.15) is 10.1 Å². The predicted octanol–water partition coefficient (Wildman–Crippen LogP) is 3.02. The molecule has 2 aromatic carbocycles. The maximum absolute atomic E-state index is 13.2. The second-order valence-electron chi connectivity index (χ2n) is 5.24. The van der Waals surface area contributed by atoms with Crippen molar-refractivity contribution in [3.8, 4) is 0 Å². The van der Waals surface area contributed by atoms with Gasteiger partial charge in [-0.05, 0) is 17.7 Å². The van der Waals surface area contributed by atoms with Crippen molar-refractivity contribution in [2.24, 2.45) is 0 Å². The molecule has 0 amide bonds. The van der Waals surface area contributed by atoms with Crippen LogP contribution in [0.4, 0.5) is 24.5 Å². The Morgan fingerprint density at radius 3 is 2.11 bits per heavy atom. The highest BCUT2D eigenvalue weighted by atomic mass is 32.2. The Kier molecular flexibility index (Phi) is 5.19. The van der Waals surface area contributed by atoms with Crippen molar-refractivity contribution >= 4 is 21.5 Å². The molecule has 0 aliphatic rings. The third-order valence-corrected chi connectivity index (χ3v) is 4.48. The first-order valence-corrected chi connectivity index (χ1v) is 8.30. The van der Waals surface area contributed by atoms with Crippen LogP contribution in [0.15, 0.2) is 41.3 Å². The number of non-ortho nitro benzene ring substituents is 1. The van der Waals surface area contributed by atoms with E-state index in [1.807, 2.05) is 0 Å². The Morgan fingerprint density at radius 2 is 1.63 bits per heavy atom. The maximum Gasteiger partial charge on any atom is 0.416 e. The molecule has 27 heavy (non-hydrogen) atoms. The van der Waals surface area contributed by atoms with Gasteiger partial charge in [0.25, 0.3) is 11.4 Å². The number of halogens is 3. The Bertz CT molecular complexity index is 1040. The molecule has 2 rings (SSSR count). The molecule has 13 heteroatoms. The van der Waals surface area contributed by atoms with Gasteiger partial charge in [0.05, 0.1) is 20.3 Å². The second kappa shape index (κ2) is 6.92. The van der Waals surface area contributed by atoms with E-state index in [9.17, 15) is 46.4 Å². The first-order valence-electron chi connectivity index (χ1n) is 6.89. The molecular formula is C14H8F3N2O7S-. The summed E-state index contributed by atoms with van der Waals surface area (Å²) in [6.45, 7) is 0. The molecule has 0 N–H and O–H groups in total. The fraction of sp³-hybridized carbons (Fsp3) is 0.143. The third kappa shape index (κ3) is 4.38. The van der Waals surface area contributed by atoms with Crippen LogP contribution in [-0.2, 0) is 22.7 Å². The average Bonchev–Trinajstić information content (AvgIpc) is 2.52. The van der Waals surface area contributed by atoms with Gasteiger partial charge in [-0.25, -0.2) is 8.42 Å². The molecule has 0 aromatic heterocycles. The SMILES string of the molecule is O=[N+]([O-])c1ccc(S(=O)(=O)[O-])c(Cc2c([N+](=O)[O-])cccc2C(F)(F)F)c1. The minimum atomic E-state index is -5.20. The average molecular weight is 405 g/mol. The van der Waals surface area contributed by atoms with Gasteiger partial charge < -0.3 is 4.55 Å². The zero-order chi connectivity index (χ0) is 20.6. The second-order valence-corrected chi connectivity index (χ2v) is 6.59. The van der Waals surface area contributed by atoms with Gasteiger partial charge in [0, 0.05) is 30.2 Å². The molecule has 0 saturated heterocycles. The highest BCUT2D eigenvalue weighted by molar-refractivity contribution is 7.85. The summed E-state index contributed by atoms with van der Waals surface area (Å²) in [7, 11) is -5.20. The highest BCUT2D eigenvalue weighted by Crippen LogP contribution is 2.38. The van der Waals surface area contributed by atoms with Crippen LogP contribution >= 0.6 is 0 Å². The number of hydrogen-bond acceptors (Lipinski definition) is 7. The van der Waals surface area contributed by atoms with Crippen molar-refractivity contribution in [2.45, 2.75) is 17.5 Å². The number of nitro groups is 2. The number of benzene rings is 2. The van der Waals surface area contributed by atoms with Crippen LogP contribution in [0.25, 0.3) is 0 Å². The van der Waals surface area contributed by atoms with Gasteiger partial charge in [0.2, 0.25) is 0 Å². The Morgan fingerprint density at radius 1 is 1.00 bits per heavy atom. The van der Waals surface area contributed by atoms with Crippen molar-refractivity contribution in [2.75, 3.05) is 0 Å².